The van der Waals surface area contributed by atoms with Crippen molar-refractivity contribution in [1.82, 2.24) is 14.9 Å². The number of likely N-dealkylation sites (tertiary alicyclic amines) is 1. The van der Waals surface area contributed by atoms with Crippen molar-refractivity contribution in [1.29, 1.82) is 0 Å². The number of piperidine rings is 1. The first kappa shape index (κ1) is 22.1. The van der Waals surface area contributed by atoms with Crippen LogP contribution in [0.25, 0.3) is 0 Å². The van der Waals surface area contributed by atoms with Crippen molar-refractivity contribution in [3.8, 4) is 5.75 Å². The summed E-state index contributed by atoms with van der Waals surface area (Å²) in [5, 5.41) is 7.35. The number of halogens is 1. The van der Waals surface area contributed by atoms with Gasteiger partial charge < -0.3 is 4.74 Å². The lowest BCUT2D eigenvalue weighted by Gasteiger charge is -2.42. The van der Waals surface area contributed by atoms with Crippen LogP contribution < -0.4 is 4.74 Å². The molecule has 1 aromatic carbocycles. The molecule has 1 aromatic heterocycles. The molecule has 1 saturated heterocycles. The van der Waals surface area contributed by atoms with E-state index >= 15 is 0 Å². The third kappa shape index (κ3) is 4.55. The van der Waals surface area contributed by atoms with Crippen LogP contribution >= 0.6 is 11.6 Å². The molecule has 2 atom stereocenters. The average Bonchev–Trinajstić information content (AvgIpc) is 2.86. The SMILES string of the molecule is COc1ccc(C2=NN(C3CCN(Cc4ccncc4)CC3)C(=O)C3CC=CCC23)cc1Cl. The zero-order chi connectivity index (χ0) is 22.8. The molecule has 3 heterocycles. The Morgan fingerprint density at radius 2 is 1.79 bits per heavy atom. The number of allylic oxidation sites excluding steroid dienone is 2. The summed E-state index contributed by atoms with van der Waals surface area (Å²) in [4.78, 5) is 20.0. The van der Waals surface area contributed by atoms with Crippen LogP contribution in [-0.4, -0.2) is 52.8 Å². The lowest BCUT2D eigenvalue weighted by molar-refractivity contribution is -0.141. The molecule has 3 aliphatic rings. The molecule has 2 aliphatic heterocycles. The minimum Gasteiger partial charge on any atom is -0.495 e. The molecule has 2 aromatic rings. The molecule has 0 spiro atoms. The van der Waals surface area contributed by atoms with E-state index in [4.69, 9.17) is 21.4 Å². The lowest BCUT2D eigenvalue weighted by Crippen LogP contribution is -2.52. The van der Waals surface area contributed by atoms with Crippen molar-refractivity contribution in [2.75, 3.05) is 20.2 Å². The minimum absolute atomic E-state index is 0.0572. The first-order chi connectivity index (χ1) is 16.1. The van der Waals surface area contributed by atoms with Gasteiger partial charge in [-0.05, 0) is 67.1 Å². The highest BCUT2D eigenvalue weighted by Gasteiger charge is 2.42. The fourth-order valence-corrected chi connectivity index (χ4v) is 5.48. The summed E-state index contributed by atoms with van der Waals surface area (Å²) in [6, 6.07) is 10.1. The van der Waals surface area contributed by atoms with Crippen LogP contribution in [0.2, 0.25) is 5.02 Å². The Kier molecular flexibility index (Phi) is 6.47. The van der Waals surface area contributed by atoms with E-state index in [1.165, 1.54) is 5.56 Å². The van der Waals surface area contributed by atoms with Crippen LogP contribution in [0, 0.1) is 11.8 Å². The van der Waals surface area contributed by atoms with Crippen molar-refractivity contribution in [3.63, 3.8) is 0 Å². The summed E-state index contributed by atoms with van der Waals surface area (Å²) in [6.07, 6.45) is 11.4. The molecule has 0 saturated carbocycles. The Morgan fingerprint density at radius 3 is 2.48 bits per heavy atom. The van der Waals surface area contributed by atoms with Crippen LogP contribution in [0.3, 0.4) is 0 Å². The molecule has 1 aliphatic carbocycles. The number of amides is 1. The zero-order valence-corrected chi connectivity index (χ0v) is 19.6. The van der Waals surface area contributed by atoms with Crippen molar-refractivity contribution in [2.45, 2.75) is 38.3 Å². The van der Waals surface area contributed by atoms with Gasteiger partial charge in [0.15, 0.2) is 0 Å². The van der Waals surface area contributed by atoms with Gasteiger partial charge in [0.2, 0.25) is 5.91 Å². The summed E-state index contributed by atoms with van der Waals surface area (Å²) < 4.78 is 5.32. The minimum atomic E-state index is -0.0572. The highest BCUT2D eigenvalue weighted by atomic mass is 35.5. The highest BCUT2D eigenvalue weighted by molar-refractivity contribution is 6.32. The molecule has 0 radical (unpaired) electrons. The maximum Gasteiger partial charge on any atom is 0.247 e. The van der Waals surface area contributed by atoms with E-state index < -0.39 is 0 Å². The molecule has 2 unspecified atom stereocenters. The Bertz CT molecular complexity index is 1060. The Morgan fingerprint density at radius 1 is 1.06 bits per heavy atom. The number of aromatic nitrogens is 1. The van der Waals surface area contributed by atoms with E-state index in [1.807, 2.05) is 30.6 Å². The molecule has 1 amide bonds. The number of methoxy groups -OCH3 is 1. The lowest BCUT2D eigenvalue weighted by atomic mass is 9.76. The van der Waals surface area contributed by atoms with Crippen LogP contribution in [-0.2, 0) is 11.3 Å². The van der Waals surface area contributed by atoms with Crippen molar-refractivity contribution >= 4 is 23.2 Å². The smallest absolute Gasteiger partial charge is 0.247 e. The summed E-state index contributed by atoms with van der Waals surface area (Å²) in [7, 11) is 1.61. The number of hydrazone groups is 1. The molecular formula is C26H29ClN4O2. The maximum atomic E-state index is 13.5. The van der Waals surface area contributed by atoms with E-state index in [9.17, 15) is 4.79 Å². The van der Waals surface area contributed by atoms with Gasteiger partial charge in [0, 0.05) is 37.9 Å². The third-order valence-corrected chi connectivity index (χ3v) is 7.34. The van der Waals surface area contributed by atoms with E-state index in [0.717, 1.165) is 56.6 Å². The van der Waals surface area contributed by atoms with E-state index in [-0.39, 0.29) is 23.8 Å². The highest BCUT2D eigenvalue weighted by Crippen LogP contribution is 2.37. The number of rotatable bonds is 5. The topological polar surface area (TPSA) is 58.0 Å². The second-order valence-electron chi connectivity index (χ2n) is 9.04. The van der Waals surface area contributed by atoms with Crippen LogP contribution in [0.15, 0.2) is 60.0 Å². The number of benzene rings is 1. The van der Waals surface area contributed by atoms with Gasteiger partial charge in [-0.3, -0.25) is 14.7 Å². The van der Waals surface area contributed by atoms with Gasteiger partial charge in [-0.15, -0.1) is 0 Å². The van der Waals surface area contributed by atoms with E-state index in [2.05, 4.69) is 34.2 Å². The van der Waals surface area contributed by atoms with E-state index in [0.29, 0.717) is 10.8 Å². The largest absolute Gasteiger partial charge is 0.495 e. The van der Waals surface area contributed by atoms with Gasteiger partial charge in [0.05, 0.1) is 29.8 Å². The van der Waals surface area contributed by atoms with Crippen LogP contribution in [0.5, 0.6) is 5.75 Å². The molecule has 172 valence electrons. The summed E-state index contributed by atoms with van der Waals surface area (Å²) >= 11 is 6.44. The van der Waals surface area contributed by atoms with Gasteiger partial charge in [-0.25, -0.2) is 5.01 Å². The molecule has 5 rings (SSSR count). The van der Waals surface area contributed by atoms with Gasteiger partial charge in [-0.2, -0.15) is 5.10 Å². The van der Waals surface area contributed by atoms with Crippen LogP contribution in [0.1, 0.15) is 36.8 Å². The van der Waals surface area contributed by atoms with Gasteiger partial charge in [0.25, 0.3) is 0 Å². The predicted octanol–water partition coefficient (Wildman–Crippen LogP) is 4.54. The summed E-state index contributed by atoms with van der Waals surface area (Å²) in [5.41, 5.74) is 3.21. The molecule has 0 N–H and O–H groups in total. The second-order valence-corrected chi connectivity index (χ2v) is 9.44. The van der Waals surface area contributed by atoms with Gasteiger partial charge in [0.1, 0.15) is 5.75 Å². The molecular weight excluding hydrogens is 436 g/mol. The Labute approximate surface area is 199 Å². The van der Waals surface area contributed by atoms with Crippen molar-refractivity contribution < 1.29 is 9.53 Å². The van der Waals surface area contributed by atoms with Crippen molar-refractivity contribution in [3.05, 3.63) is 71.0 Å². The number of nitrogens with zero attached hydrogens (tertiary/aromatic N) is 4. The number of carbonyl (C=O) groups excluding carboxylic acids is 1. The summed E-state index contributed by atoms with van der Waals surface area (Å²) in [6.45, 7) is 2.81. The third-order valence-electron chi connectivity index (χ3n) is 7.05. The molecule has 33 heavy (non-hydrogen) atoms. The number of hydrogen-bond acceptors (Lipinski definition) is 5. The molecule has 1 fully saturated rings. The van der Waals surface area contributed by atoms with Crippen LogP contribution in [0.4, 0.5) is 0 Å². The quantitative estimate of drug-likeness (QED) is 0.610. The Hall–Kier alpha value is -2.70. The monoisotopic (exact) mass is 464 g/mol. The molecule has 7 heteroatoms. The van der Waals surface area contributed by atoms with Gasteiger partial charge >= 0.3 is 0 Å². The van der Waals surface area contributed by atoms with Gasteiger partial charge in [-0.1, -0.05) is 23.8 Å². The number of carbonyl (C=O) groups is 1. The standard InChI is InChI=1S/C26H29ClN4O2/c1-33-24-7-6-19(16-23(24)27)25-21-4-2-3-5-22(21)26(32)31(29-25)20-10-14-30(15-11-20)17-18-8-12-28-13-9-18/h2-3,6-9,12-13,16,20-22H,4-5,10-11,14-15,17H2,1H3. The fraction of sp³-hybridized carbons (Fsp3) is 0.423. The fourth-order valence-electron chi connectivity index (χ4n) is 5.23. The summed E-state index contributed by atoms with van der Waals surface area (Å²) in [5.74, 6) is 0.847. The van der Waals surface area contributed by atoms with E-state index in [1.54, 1.807) is 12.1 Å². The van der Waals surface area contributed by atoms with Crippen molar-refractivity contribution in [2.24, 2.45) is 16.9 Å². The first-order valence-electron chi connectivity index (χ1n) is 11.7. The maximum absolute atomic E-state index is 13.5. The number of hydrogen-bond donors (Lipinski definition) is 0. The average molecular weight is 465 g/mol. The number of fused-ring (bicyclic) bond motifs is 1. The predicted molar refractivity (Wildman–Crippen MR) is 129 cm³/mol. The normalized spacial score (nSPS) is 23.9. The second kappa shape index (κ2) is 9.65. The molecule has 0 bridgehead atoms. The Balaban J connectivity index is 1.37. The zero-order valence-electron chi connectivity index (χ0n) is 18.9. The molecule has 6 nitrogen and oxygen atoms in total. The number of ether oxygens (including phenoxy) is 1. The number of pyridine rings is 1. The first-order valence-corrected chi connectivity index (χ1v) is 12.0.